The quantitative estimate of drug-likeness (QED) is 0.652. The summed E-state index contributed by atoms with van der Waals surface area (Å²) in [6, 6.07) is 3.53. The van der Waals surface area contributed by atoms with Crippen LogP contribution in [0.25, 0.3) is 5.65 Å². The Labute approximate surface area is 80.0 Å². The van der Waals surface area contributed by atoms with Gasteiger partial charge in [-0.05, 0) is 19.1 Å². The molecule has 0 aliphatic rings. The average molecular weight is 195 g/mol. The number of aldehydes is 1. The van der Waals surface area contributed by atoms with E-state index in [2.05, 4.69) is 4.98 Å². The molecule has 2 aromatic rings. The molecule has 2 heterocycles. The van der Waals surface area contributed by atoms with Gasteiger partial charge in [-0.25, -0.2) is 4.98 Å². The molecule has 0 radical (unpaired) electrons. The normalized spacial score (nSPS) is 10.6. The van der Waals surface area contributed by atoms with Crippen molar-refractivity contribution in [1.29, 1.82) is 0 Å². The minimum Gasteiger partial charge on any atom is -0.296 e. The maximum Gasteiger partial charge on any atom is 0.168 e. The first-order valence-electron chi connectivity index (χ1n) is 3.82. The molecule has 0 aliphatic carbocycles. The second-order valence-corrected chi connectivity index (χ2v) is 3.21. The number of fused-ring (bicyclic) bond motifs is 1. The summed E-state index contributed by atoms with van der Waals surface area (Å²) in [5.41, 5.74) is 2.01. The topological polar surface area (TPSA) is 34.4 Å². The van der Waals surface area contributed by atoms with Gasteiger partial charge in [-0.15, -0.1) is 0 Å². The number of aromatic nitrogens is 2. The number of pyridine rings is 1. The van der Waals surface area contributed by atoms with Crippen molar-refractivity contribution in [3.8, 4) is 0 Å². The van der Waals surface area contributed by atoms with Crippen molar-refractivity contribution in [3.63, 3.8) is 0 Å². The number of hydrogen-bond acceptors (Lipinski definition) is 2. The maximum atomic E-state index is 10.7. The largest absolute Gasteiger partial charge is 0.296 e. The molecule has 0 spiro atoms. The molecule has 2 rings (SSSR count). The number of aryl methyl sites for hydroxylation is 1. The predicted molar refractivity (Wildman–Crippen MR) is 50.3 cm³/mol. The number of imidazole rings is 1. The lowest BCUT2D eigenvalue weighted by Gasteiger charge is -1.95. The predicted octanol–water partition coefficient (Wildman–Crippen LogP) is 2.11. The maximum absolute atomic E-state index is 10.7. The van der Waals surface area contributed by atoms with Crippen LogP contribution < -0.4 is 0 Å². The average Bonchev–Trinajstić information content (AvgIpc) is 2.40. The van der Waals surface area contributed by atoms with Crippen LogP contribution in [0.1, 0.15) is 16.2 Å². The van der Waals surface area contributed by atoms with E-state index < -0.39 is 0 Å². The van der Waals surface area contributed by atoms with E-state index >= 15 is 0 Å². The molecule has 2 aromatic heterocycles. The highest BCUT2D eigenvalue weighted by Crippen LogP contribution is 2.14. The van der Waals surface area contributed by atoms with Crippen LogP contribution >= 0.6 is 11.6 Å². The molecule has 0 amide bonds. The van der Waals surface area contributed by atoms with E-state index in [9.17, 15) is 4.79 Å². The first-order valence-corrected chi connectivity index (χ1v) is 4.19. The number of rotatable bonds is 1. The summed E-state index contributed by atoms with van der Waals surface area (Å²) in [6.07, 6.45) is 2.46. The van der Waals surface area contributed by atoms with Crippen LogP contribution in [0.4, 0.5) is 0 Å². The molecule has 0 saturated heterocycles. The molecule has 0 unspecified atom stereocenters. The lowest BCUT2D eigenvalue weighted by atomic mass is 10.4. The Kier molecular flexibility index (Phi) is 1.81. The number of halogens is 1. The number of nitrogens with zero attached hydrogens (tertiary/aromatic N) is 2. The van der Waals surface area contributed by atoms with E-state index in [1.54, 1.807) is 29.7 Å². The van der Waals surface area contributed by atoms with Crippen LogP contribution in [0.2, 0.25) is 5.02 Å². The standard InChI is InChI=1S/C9H7ClN2O/c1-6-8(5-13)12-4-7(10)2-3-9(12)11-6/h2-5H,1H3. The van der Waals surface area contributed by atoms with Crippen LogP contribution in [0.3, 0.4) is 0 Å². The van der Waals surface area contributed by atoms with E-state index in [0.29, 0.717) is 10.7 Å². The van der Waals surface area contributed by atoms with Gasteiger partial charge < -0.3 is 0 Å². The zero-order valence-corrected chi connectivity index (χ0v) is 7.75. The highest BCUT2D eigenvalue weighted by molar-refractivity contribution is 6.30. The molecule has 0 N–H and O–H groups in total. The number of carbonyl (C=O) groups is 1. The monoisotopic (exact) mass is 194 g/mol. The highest BCUT2D eigenvalue weighted by atomic mass is 35.5. The van der Waals surface area contributed by atoms with Gasteiger partial charge in [0, 0.05) is 6.20 Å². The van der Waals surface area contributed by atoms with E-state index in [-0.39, 0.29) is 0 Å². The third-order valence-electron chi connectivity index (χ3n) is 1.91. The zero-order chi connectivity index (χ0) is 9.42. The fourth-order valence-corrected chi connectivity index (χ4v) is 1.46. The molecule has 0 saturated carbocycles. The molecule has 0 bridgehead atoms. The van der Waals surface area contributed by atoms with Crippen molar-refractivity contribution in [2.75, 3.05) is 0 Å². The summed E-state index contributed by atoms with van der Waals surface area (Å²) in [6.45, 7) is 1.80. The molecular formula is C9H7ClN2O. The van der Waals surface area contributed by atoms with Gasteiger partial charge in [0.2, 0.25) is 0 Å². The molecule has 0 aliphatic heterocycles. The Bertz CT molecular complexity index is 476. The first-order chi connectivity index (χ1) is 6.22. The second-order valence-electron chi connectivity index (χ2n) is 2.78. The highest BCUT2D eigenvalue weighted by Gasteiger charge is 2.06. The Hall–Kier alpha value is -1.35. The van der Waals surface area contributed by atoms with Gasteiger partial charge >= 0.3 is 0 Å². The van der Waals surface area contributed by atoms with Crippen LogP contribution in [0.15, 0.2) is 18.3 Å². The molecule has 0 aromatic carbocycles. The molecule has 66 valence electrons. The lowest BCUT2D eigenvalue weighted by molar-refractivity contribution is 0.111. The van der Waals surface area contributed by atoms with Crippen LogP contribution in [-0.2, 0) is 0 Å². The van der Waals surface area contributed by atoms with E-state index in [1.807, 2.05) is 0 Å². The third kappa shape index (κ3) is 1.21. The van der Waals surface area contributed by atoms with E-state index in [1.165, 1.54) is 0 Å². The van der Waals surface area contributed by atoms with Gasteiger partial charge in [0.05, 0.1) is 10.7 Å². The third-order valence-corrected chi connectivity index (χ3v) is 2.14. The van der Waals surface area contributed by atoms with E-state index in [0.717, 1.165) is 17.6 Å². The molecule has 0 fully saturated rings. The summed E-state index contributed by atoms with van der Waals surface area (Å²) in [5.74, 6) is 0. The van der Waals surface area contributed by atoms with Gasteiger partial charge in [-0.1, -0.05) is 11.6 Å². The van der Waals surface area contributed by atoms with Crippen molar-refractivity contribution < 1.29 is 4.79 Å². The first kappa shape index (κ1) is 8.26. The van der Waals surface area contributed by atoms with Gasteiger partial charge in [0.1, 0.15) is 11.3 Å². The Morgan fingerprint density at radius 1 is 1.54 bits per heavy atom. The smallest absolute Gasteiger partial charge is 0.168 e. The summed E-state index contributed by atoms with van der Waals surface area (Å²) < 4.78 is 1.69. The molecule has 0 atom stereocenters. The minimum absolute atomic E-state index is 0.553. The molecular weight excluding hydrogens is 188 g/mol. The number of carbonyl (C=O) groups excluding carboxylic acids is 1. The fraction of sp³-hybridized carbons (Fsp3) is 0.111. The Balaban J connectivity index is 2.88. The van der Waals surface area contributed by atoms with E-state index in [4.69, 9.17) is 11.6 Å². The van der Waals surface area contributed by atoms with Crippen molar-refractivity contribution in [2.24, 2.45) is 0 Å². The fourth-order valence-electron chi connectivity index (χ4n) is 1.30. The summed E-state index contributed by atoms with van der Waals surface area (Å²) >= 11 is 5.79. The molecule has 13 heavy (non-hydrogen) atoms. The Morgan fingerprint density at radius 3 is 3.00 bits per heavy atom. The van der Waals surface area contributed by atoms with Gasteiger partial charge in [-0.3, -0.25) is 9.20 Å². The summed E-state index contributed by atoms with van der Waals surface area (Å²) in [4.78, 5) is 14.9. The summed E-state index contributed by atoms with van der Waals surface area (Å²) in [7, 11) is 0. The summed E-state index contributed by atoms with van der Waals surface area (Å²) in [5, 5.41) is 0.591. The van der Waals surface area contributed by atoms with Gasteiger partial charge in [0.25, 0.3) is 0 Å². The van der Waals surface area contributed by atoms with Gasteiger partial charge in [-0.2, -0.15) is 0 Å². The van der Waals surface area contributed by atoms with Crippen LogP contribution in [0.5, 0.6) is 0 Å². The molecule has 4 heteroatoms. The second kappa shape index (κ2) is 2.85. The zero-order valence-electron chi connectivity index (χ0n) is 6.99. The lowest BCUT2D eigenvalue weighted by Crippen LogP contribution is -1.91. The number of hydrogen-bond donors (Lipinski definition) is 0. The van der Waals surface area contributed by atoms with Crippen molar-refractivity contribution >= 4 is 23.5 Å². The molecule has 3 nitrogen and oxygen atoms in total. The van der Waals surface area contributed by atoms with Crippen molar-refractivity contribution in [1.82, 2.24) is 9.38 Å². The van der Waals surface area contributed by atoms with Crippen molar-refractivity contribution in [3.05, 3.63) is 34.7 Å². The van der Waals surface area contributed by atoms with Crippen molar-refractivity contribution in [2.45, 2.75) is 6.92 Å². The van der Waals surface area contributed by atoms with Gasteiger partial charge in [0.15, 0.2) is 6.29 Å². The SMILES string of the molecule is Cc1nc2ccc(Cl)cn2c1C=O. The van der Waals surface area contributed by atoms with Crippen LogP contribution in [-0.4, -0.2) is 15.7 Å². The minimum atomic E-state index is 0.553. The Morgan fingerprint density at radius 2 is 2.31 bits per heavy atom. The van der Waals surface area contributed by atoms with Crippen LogP contribution in [0, 0.1) is 6.92 Å².